The normalized spacial score (nSPS) is 23.4. The molecule has 2 N–H and O–H groups in total. The Morgan fingerprint density at radius 2 is 2.11 bits per heavy atom. The van der Waals surface area contributed by atoms with E-state index < -0.39 is 0 Å². The van der Waals surface area contributed by atoms with Crippen LogP contribution >= 0.6 is 0 Å². The zero-order valence-corrected chi connectivity index (χ0v) is 11.3. The van der Waals surface area contributed by atoms with Crippen LogP contribution in [0, 0.1) is 5.92 Å². The number of morpholine rings is 1. The lowest BCUT2D eigenvalue weighted by Gasteiger charge is -2.26. The fourth-order valence-corrected chi connectivity index (χ4v) is 2.50. The predicted molar refractivity (Wildman–Crippen MR) is 70.6 cm³/mol. The molecule has 19 heavy (non-hydrogen) atoms. The summed E-state index contributed by atoms with van der Waals surface area (Å²) in [6.07, 6.45) is 2.02. The molecule has 0 aromatic heterocycles. The Morgan fingerprint density at radius 1 is 1.32 bits per heavy atom. The minimum Gasteiger partial charge on any atom is -0.378 e. The van der Waals surface area contributed by atoms with E-state index in [4.69, 9.17) is 4.74 Å². The molecule has 0 saturated carbocycles. The van der Waals surface area contributed by atoms with Gasteiger partial charge in [-0.25, -0.2) is 0 Å². The largest absolute Gasteiger partial charge is 0.378 e. The monoisotopic (exact) mass is 269 g/mol. The topological polar surface area (TPSA) is 70.7 Å². The number of nitrogens with one attached hydrogen (secondary N) is 2. The molecule has 0 spiro atoms. The van der Waals surface area contributed by atoms with Crippen LogP contribution in [0.4, 0.5) is 0 Å². The van der Waals surface area contributed by atoms with Gasteiger partial charge in [-0.1, -0.05) is 0 Å². The van der Waals surface area contributed by atoms with Gasteiger partial charge in [0.15, 0.2) is 0 Å². The molecule has 2 amide bonds. The minimum absolute atomic E-state index is 0.0588. The van der Waals surface area contributed by atoms with Crippen molar-refractivity contribution in [2.75, 3.05) is 45.9 Å². The molecule has 2 fully saturated rings. The predicted octanol–water partition coefficient (Wildman–Crippen LogP) is -0.649. The van der Waals surface area contributed by atoms with Gasteiger partial charge in [0.1, 0.15) is 0 Å². The molecule has 2 heterocycles. The molecule has 6 nitrogen and oxygen atoms in total. The van der Waals surface area contributed by atoms with Crippen molar-refractivity contribution < 1.29 is 14.3 Å². The summed E-state index contributed by atoms with van der Waals surface area (Å²) in [5, 5.41) is 6.08. The van der Waals surface area contributed by atoms with E-state index in [1.165, 1.54) is 0 Å². The first-order valence-electron chi connectivity index (χ1n) is 7.08. The second kappa shape index (κ2) is 7.45. The Morgan fingerprint density at radius 3 is 2.79 bits per heavy atom. The minimum atomic E-state index is 0.0588. The van der Waals surface area contributed by atoms with Gasteiger partial charge in [-0.15, -0.1) is 0 Å². The second-order valence-corrected chi connectivity index (χ2v) is 5.16. The highest BCUT2D eigenvalue weighted by Gasteiger charge is 2.19. The molecule has 0 aliphatic carbocycles. The summed E-state index contributed by atoms with van der Waals surface area (Å²) < 4.78 is 5.20. The molecule has 0 aromatic carbocycles. The highest BCUT2D eigenvalue weighted by molar-refractivity contribution is 5.79. The molecule has 0 aromatic rings. The maximum Gasteiger partial charge on any atom is 0.224 e. The summed E-state index contributed by atoms with van der Waals surface area (Å²) in [4.78, 5) is 25.3. The van der Waals surface area contributed by atoms with Crippen LogP contribution in [0.5, 0.6) is 0 Å². The molecule has 108 valence electrons. The highest BCUT2D eigenvalue weighted by Crippen LogP contribution is 2.11. The van der Waals surface area contributed by atoms with Gasteiger partial charge in [-0.2, -0.15) is 0 Å². The zero-order valence-electron chi connectivity index (χ0n) is 11.3. The van der Waals surface area contributed by atoms with Gasteiger partial charge >= 0.3 is 0 Å². The van der Waals surface area contributed by atoms with Crippen LogP contribution in [0.1, 0.15) is 19.3 Å². The summed E-state index contributed by atoms with van der Waals surface area (Å²) in [5.41, 5.74) is 0. The van der Waals surface area contributed by atoms with Crippen molar-refractivity contribution in [2.24, 2.45) is 5.92 Å². The van der Waals surface area contributed by atoms with Crippen molar-refractivity contribution >= 4 is 11.8 Å². The summed E-state index contributed by atoms with van der Waals surface area (Å²) >= 11 is 0. The quantitative estimate of drug-likeness (QED) is 0.696. The van der Waals surface area contributed by atoms with Gasteiger partial charge in [0.2, 0.25) is 11.8 Å². The van der Waals surface area contributed by atoms with Crippen LogP contribution in [-0.4, -0.2) is 62.7 Å². The summed E-state index contributed by atoms with van der Waals surface area (Å²) in [7, 11) is 0. The fourth-order valence-electron chi connectivity index (χ4n) is 2.50. The molecule has 6 heteroatoms. The van der Waals surface area contributed by atoms with Gasteiger partial charge in [-0.3, -0.25) is 9.59 Å². The Hall–Kier alpha value is -1.14. The average molecular weight is 269 g/mol. The van der Waals surface area contributed by atoms with Crippen molar-refractivity contribution in [3.8, 4) is 0 Å². The maximum atomic E-state index is 11.8. The zero-order chi connectivity index (χ0) is 13.5. The van der Waals surface area contributed by atoms with Crippen molar-refractivity contribution in [2.45, 2.75) is 19.3 Å². The number of carbonyl (C=O) groups is 2. The van der Waals surface area contributed by atoms with Crippen molar-refractivity contribution in [1.29, 1.82) is 0 Å². The van der Waals surface area contributed by atoms with Crippen LogP contribution < -0.4 is 10.6 Å². The molecular weight excluding hydrogens is 246 g/mol. The Kier molecular flexibility index (Phi) is 5.60. The van der Waals surface area contributed by atoms with E-state index in [0.717, 1.165) is 19.5 Å². The van der Waals surface area contributed by atoms with E-state index in [-0.39, 0.29) is 11.8 Å². The van der Waals surface area contributed by atoms with Gasteiger partial charge in [0.05, 0.1) is 13.2 Å². The smallest absolute Gasteiger partial charge is 0.224 e. The second-order valence-electron chi connectivity index (χ2n) is 5.16. The first-order valence-corrected chi connectivity index (χ1v) is 7.08. The number of carbonyl (C=O) groups excluding carboxylic acids is 2. The van der Waals surface area contributed by atoms with Crippen LogP contribution in [0.2, 0.25) is 0 Å². The lowest BCUT2D eigenvalue weighted by atomic mass is 10.0. The molecule has 2 saturated heterocycles. The van der Waals surface area contributed by atoms with E-state index >= 15 is 0 Å². The third-order valence-corrected chi connectivity index (χ3v) is 3.66. The summed E-state index contributed by atoms with van der Waals surface area (Å²) in [6, 6.07) is 0. The number of ether oxygens (including phenoxy) is 1. The van der Waals surface area contributed by atoms with E-state index in [1.807, 2.05) is 0 Å². The number of rotatable bonds is 5. The van der Waals surface area contributed by atoms with Crippen molar-refractivity contribution in [3.05, 3.63) is 0 Å². The first-order chi connectivity index (χ1) is 9.25. The third-order valence-electron chi connectivity index (χ3n) is 3.66. The van der Waals surface area contributed by atoms with Gasteiger partial charge in [0.25, 0.3) is 0 Å². The van der Waals surface area contributed by atoms with Crippen LogP contribution in [-0.2, 0) is 14.3 Å². The number of nitrogens with zero attached hydrogens (tertiary/aromatic N) is 1. The van der Waals surface area contributed by atoms with Crippen LogP contribution in [0.3, 0.4) is 0 Å². The molecule has 1 atom stereocenters. The summed E-state index contributed by atoms with van der Waals surface area (Å²) in [5.74, 6) is 0.615. The van der Waals surface area contributed by atoms with Crippen LogP contribution in [0.15, 0.2) is 0 Å². The average Bonchev–Trinajstić information content (AvgIpc) is 2.92. The SMILES string of the molecule is O=C(CC1CCNC1)NCCC(=O)N1CCOCC1. The first kappa shape index (κ1) is 14.3. The maximum absolute atomic E-state index is 11.8. The van der Waals surface area contributed by atoms with Crippen molar-refractivity contribution in [3.63, 3.8) is 0 Å². The van der Waals surface area contributed by atoms with Gasteiger partial charge in [0, 0.05) is 32.5 Å². The molecule has 0 radical (unpaired) electrons. The number of hydrogen-bond acceptors (Lipinski definition) is 4. The molecule has 0 bridgehead atoms. The van der Waals surface area contributed by atoms with E-state index in [1.54, 1.807) is 4.90 Å². The highest BCUT2D eigenvalue weighted by atomic mass is 16.5. The summed E-state index contributed by atoms with van der Waals surface area (Å²) in [6.45, 7) is 4.95. The van der Waals surface area contributed by atoms with E-state index in [0.29, 0.717) is 51.6 Å². The molecule has 2 rings (SSSR count). The lowest BCUT2D eigenvalue weighted by Crippen LogP contribution is -2.42. The molecule has 1 unspecified atom stereocenters. The number of amides is 2. The van der Waals surface area contributed by atoms with E-state index in [2.05, 4.69) is 10.6 Å². The van der Waals surface area contributed by atoms with Gasteiger partial charge < -0.3 is 20.3 Å². The molecule has 2 aliphatic rings. The Balaban J connectivity index is 1.57. The van der Waals surface area contributed by atoms with Crippen LogP contribution in [0.25, 0.3) is 0 Å². The fraction of sp³-hybridized carbons (Fsp3) is 0.846. The lowest BCUT2D eigenvalue weighted by molar-refractivity contribution is -0.135. The Labute approximate surface area is 113 Å². The van der Waals surface area contributed by atoms with Crippen molar-refractivity contribution in [1.82, 2.24) is 15.5 Å². The number of hydrogen-bond donors (Lipinski definition) is 2. The standard InChI is InChI=1S/C13H23N3O3/c17-12(9-11-1-3-14-10-11)15-4-2-13(18)16-5-7-19-8-6-16/h11,14H,1-10H2,(H,15,17). The van der Waals surface area contributed by atoms with E-state index in [9.17, 15) is 9.59 Å². The molecule has 2 aliphatic heterocycles. The van der Waals surface area contributed by atoms with Gasteiger partial charge in [-0.05, 0) is 25.4 Å². The third kappa shape index (κ3) is 4.80. The molecular formula is C13H23N3O3. The Bertz CT molecular complexity index is 310.